The second kappa shape index (κ2) is 7.46. The number of benzene rings is 1. The highest BCUT2D eigenvalue weighted by molar-refractivity contribution is 5.80. The van der Waals surface area contributed by atoms with Gasteiger partial charge in [0.05, 0.1) is 0 Å². The number of hydrogen-bond acceptors (Lipinski definition) is 3. The largest absolute Gasteiger partial charge is 0.484 e. The number of carbonyl (C=O) groups excluding carboxylic acids is 2. The van der Waals surface area contributed by atoms with Crippen LogP contribution in [0.2, 0.25) is 0 Å². The van der Waals surface area contributed by atoms with Crippen molar-refractivity contribution in [2.45, 2.75) is 45.7 Å². The second-order valence-electron chi connectivity index (χ2n) is 7.61. The number of ether oxygens (including phenoxy) is 1. The lowest BCUT2D eigenvalue weighted by Gasteiger charge is -2.28. The van der Waals surface area contributed by atoms with Crippen LogP contribution >= 0.6 is 0 Å². The molecule has 136 valence electrons. The van der Waals surface area contributed by atoms with E-state index in [4.69, 9.17) is 4.74 Å². The highest BCUT2D eigenvalue weighted by Gasteiger charge is 2.51. The van der Waals surface area contributed by atoms with Gasteiger partial charge in [-0.25, -0.2) is 0 Å². The molecule has 1 saturated heterocycles. The van der Waals surface area contributed by atoms with Gasteiger partial charge in [0.25, 0.3) is 5.91 Å². The molecule has 2 aliphatic rings. The number of carbonyl (C=O) groups is 2. The number of nitrogens with zero attached hydrogens (tertiary/aromatic N) is 1. The Hall–Kier alpha value is -2.04. The van der Waals surface area contributed by atoms with Gasteiger partial charge < -0.3 is 15.0 Å². The normalized spacial score (nSPS) is 28.3. The maximum absolute atomic E-state index is 12.3. The van der Waals surface area contributed by atoms with Crippen LogP contribution in [0.3, 0.4) is 0 Å². The average Bonchev–Trinajstić information content (AvgIpc) is 3.04. The van der Waals surface area contributed by atoms with Gasteiger partial charge in [0.2, 0.25) is 5.91 Å². The van der Waals surface area contributed by atoms with Gasteiger partial charge in [-0.05, 0) is 50.2 Å². The molecule has 3 rings (SSSR count). The van der Waals surface area contributed by atoms with Crippen molar-refractivity contribution in [1.82, 2.24) is 10.2 Å². The fourth-order valence-corrected chi connectivity index (χ4v) is 4.51. The number of hydrogen-bond donors (Lipinski definition) is 1. The Balaban J connectivity index is 1.51. The summed E-state index contributed by atoms with van der Waals surface area (Å²) in [5.74, 6) is 2.09. The van der Waals surface area contributed by atoms with Crippen LogP contribution in [0.4, 0.5) is 0 Å². The molecule has 1 aliphatic heterocycles. The molecule has 0 radical (unpaired) electrons. The highest BCUT2D eigenvalue weighted by atomic mass is 16.5. The Morgan fingerprint density at radius 1 is 1.32 bits per heavy atom. The van der Waals surface area contributed by atoms with Gasteiger partial charge in [-0.15, -0.1) is 0 Å². The summed E-state index contributed by atoms with van der Waals surface area (Å²) in [7, 11) is 0. The fourth-order valence-electron chi connectivity index (χ4n) is 4.51. The van der Waals surface area contributed by atoms with Gasteiger partial charge in [-0.1, -0.05) is 25.1 Å². The Morgan fingerprint density at radius 3 is 2.72 bits per heavy atom. The number of nitrogens with one attached hydrogen (secondary N) is 1. The molecule has 1 saturated carbocycles. The molecular formula is C20H28N2O3. The van der Waals surface area contributed by atoms with Gasteiger partial charge in [0.1, 0.15) is 5.75 Å². The highest BCUT2D eigenvalue weighted by Crippen LogP contribution is 2.46. The molecule has 25 heavy (non-hydrogen) atoms. The Bertz CT molecular complexity index is 617. The zero-order valence-corrected chi connectivity index (χ0v) is 15.3. The average molecular weight is 344 g/mol. The molecule has 1 aromatic carbocycles. The first-order valence-electron chi connectivity index (χ1n) is 9.23. The van der Waals surface area contributed by atoms with Crippen LogP contribution in [0, 0.1) is 17.8 Å². The minimum Gasteiger partial charge on any atom is -0.484 e. The second-order valence-corrected chi connectivity index (χ2v) is 7.61. The first kappa shape index (κ1) is 17.8. The van der Waals surface area contributed by atoms with Crippen molar-refractivity contribution in [2.75, 3.05) is 13.2 Å². The molecule has 0 bridgehead atoms. The molecule has 5 nitrogen and oxygen atoms in total. The molecule has 0 aromatic heterocycles. The van der Waals surface area contributed by atoms with Crippen LogP contribution in [0.25, 0.3) is 0 Å². The SMILES string of the molecule is CC(C)N1C(=O)C[C@H]2[C@H](CNC(=O)COc3ccccc3)[C@@H](C)C[C@H]21. The first-order valence-corrected chi connectivity index (χ1v) is 9.23. The predicted molar refractivity (Wildman–Crippen MR) is 96.1 cm³/mol. The Kier molecular flexibility index (Phi) is 5.30. The van der Waals surface area contributed by atoms with Crippen molar-refractivity contribution >= 4 is 11.8 Å². The third kappa shape index (κ3) is 3.80. The van der Waals surface area contributed by atoms with Crippen LogP contribution < -0.4 is 10.1 Å². The maximum Gasteiger partial charge on any atom is 0.257 e. The van der Waals surface area contributed by atoms with Gasteiger partial charge in [-0.2, -0.15) is 0 Å². The van der Waals surface area contributed by atoms with E-state index in [2.05, 4.69) is 31.0 Å². The number of rotatable bonds is 6. The van der Waals surface area contributed by atoms with E-state index in [9.17, 15) is 9.59 Å². The molecule has 1 aromatic rings. The quantitative estimate of drug-likeness (QED) is 0.862. The first-order chi connectivity index (χ1) is 12.0. The van der Waals surface area contributed by atoms with Crippen LogP contribution in [0.1, 0.15) is 33.6 Å². The summed E-state index contributed by atoms with van der Waals surface area (Å²) in [6, 6.07) is 9.93. The van der Waals surface area contributed by atoms with Crippen LogP contribution in [0.5, 0.6) is 5.75 Å². The van der Waals surface area contributed by atoms with E-state index < -0.39 is 0 Å². The summed E-state index contributed by atoms with van der Waals surface area (Å²) in [4.78, 5) is 26.5. The zero-order chi connectivity index (χ0) is 18.0. The van der Waals surface area contributed by atoms with E-state index >= 15 is 0 Å². The number of fused-ring (bicyclic) bond motifs is 1. The summed E-state index contributed by atoms with van der Waals surface area (Å²) < 4.78 is 5.49. The number of para-hydroxylation sites is 1. The smallest absolute Gasteiger partial charge is 0.257 e. The van der Waals surface area contributed by atoms with Crippen molar-refractivity contribution in [3.8, 4) is 5.75 Å². The van der Waals surface area contributed by atoms with Crippen molar-refractivity contribution in [3.05, 3.63) is 30.3 Å². The topological polar surface area (TPSA) is 58.6 Å². The molecule has 1 heterocycles. The lowest BCUT2D eigenvalue weighted by atomic mass is 9.88. The van der Waals surface area contributed by atoms with E-state index in [1.807, 2.05) is 30.3 Å². The summed E-state index contributed by atoms with van der Waals surface area (Å²) in [5.41, 5.74) is 0. The van der Waals surface area contributed by atoms with E-state index in [0.29, 0.717) is 42.5 Å². The molecule has 2 amide bonds. The molecule has 1 aliphatic carbocycles. The minimum atomic E-state index is -0.107. The molecule has 5 heteroatoms. The summed E-state index contributed by atoms with van der Waals surface area (Å²) in [5, 5.41) is 3.00. The molecule has 0 unspecified atom stereocenters. The van der Waals surface area contributed by atoms with Crippen molar-refractivity contribution < 1.29 is 14.3 Å². The van der Waals surface area contributed by atoms with Gasteiger partial charge in [-0.3, -0.25) is 9.59 Å². The van der Waals surface area contributed by atoms with E-state index in [1.165, 1.54) is 0 Å². The Labute approximate surface area is 149 Å². The summed E-state index contributed by atoms with van der Waals surface area (Å²) >= 11 is 0. The predicted octanol–water partition coefficient (Wildman–Crippen LogP) is 2.46. The standard InChI is InChI=1S/C20H28N2O3/c1-13(2)22-18-9-14(3)17(16(18)10-20(22)24)11-21-19(23)12-25-15-7-5-4-6-8-15/h4-8,13-14,16-18H,9-12H2,1-3H3,(H,21,23)/t14-,16-,17+,18+/m0/s1. The molecule has 1 N–H and O–H groups in total. The van der Waals surface area contributed by atoms with E-state index in [1.54, 1.807) is 0 Å². The van der Waals surface area contributed by atoms with Crippen LogP contribution in [-0.2, 0) is 9.59 Å². The van der Waals surface area contributed by atoms with Gasteiger partial charge in [0, 0.05) is 25.0 Å². The summed E-state index contributed by atoms with van der Waals surface area (Å²) in [6.07, 6.45) is 1.66. The zero-order valence-electron chi connectivity index (χ0n) is 15.3. The molecule has 2 fully saturated rings. The minimum absolute atomic E-state index is 0.0241. The Morgan fingerprint density at radius 2 is 2.04 bits per heavy atom. The monoisotopic (exact) mass is 344 g/mol. The molecular weight excluding hydrogens is 316 g/mol. The lowest BCUT2D eigenvalue weighted by molar-refractivity contribution is -0.130. The lowest BCUT2D eigenvalue weighted by Crippen LogP contribution is -2.39. The van der Waals surface area contributed by atoms with Crippen LogP contribution in [-0.4, -0.2) is 41.9 Å². The van der Waals surface area contributed by atoms with Crippen molar-refractivity contribution in [3.63, 3.8) is 0 Å². The van der Waals surface area contributed by atoms with Gasteiger partial charge >= 0.3 is 0 Å². The fraction of sp³-hybridized carbons (Fsp3) is 0.600. The molecule has 0 spiro atoms. The van der Waals surface area contributed by atoms with Crippen molar-refractivity contribution in [1.29, 1.82) is 0 Å². The van der Waals surface area contributed by atoms with E-state index in [-0.39, 0.29) is 24.5 Å². The number of amides is 2. The van der Waals surface area contributed by atoms with Crippen molar-refractivity contribution in [2.24, 2.45) is 17.8 Å². The third-order valence-corrected chi connectivity index (χ3v) is 5.65. The van der Waals surface area contributed by atoms with Gasteiger partial charge in [0.15, 0.2) is 6.61 Å². The number of likely N-dealkylation sites (tertiary alicyclic amines) is 1. The maximum atomic E-state index is 12.3. The summed E-state index contributed by atoms with van der Waals surface area (Å²) in [6.45, 7) is 7.05. The van der Waals surface area contributed by atoms with E-state index in [0.717, 1.165) is 6.42 Å². The van der Waals surface area contributed by atoms with Crippen LogP contribution in [0.15, 0.2) is 30.3 Å². The third-order valence-electron chi connectivity index (χ3n) is 5.65. The molecule has 4 atom stereocenters.